The van der Waals surface area contributed by atoms with Gasteiger partial charge in [0.15, 0.2) is 6.29 Å². The number of benzene rings is 1. The van der Waals surface area contributed by atoms with E-state index in [2.05, 4.69) is 11.8 Å². The largest absolute Gasteiger partial charge is 0.451 e. The number of hydrogen-bond acceptors (Lipinski definition) is 4. The Hall–Kier alpha value is -1.83. The third-order valence-electron chi connectivity index (χ3n) is 3.08. The van der Waals surface area contributed by atoms with Gasteiger partial charge in [-0.05, 0) is 31.7 Å². The molecular formula is C17H20O4. The number of hydrogen-bond donors (Lipinski definition) is 0. The Morgan fingerprint density at radius 2 is 2.19 bits per heavy atom. The molecule has 1 aliphatic heterocycles. The van der Waals surface area contributed by atoms with Crippen LogP contribution in [0.25, 0.3) is 0 Å². The van der Waals surface area contributed by atoms with Crippen LogP contribution in [0.2, 0.25) is 0 Å². The van der Waals surface area contributed by atoms with Crippen LogP contribution in [-0.2, 0) is 25.6 Å². The lowest BCUT2D eigenvalue weighted by Gasteiger charge is -2.23. The minimum absolute atomic E-state index is 0.205. The van der Waals surface area contributed by atoms with Crippen molar-refractivity contribution < 1.29 is 19.0 Å². The molecule has 1 saturated heterocycles. The molecule has 0 spiro atoms. The Morgan fingerprint density at radius 1 is 1.38 bits per heavy atom. The monoisotopic (exact) mass is 288 g/mol. The van der Waals surface area contributed by atoms with E-state index in [-0.39, 0.29) is 19.0 Å². The van der Waals surface area contributed by atoms with Gasteiger partial charge in [0.25, 0.3) is 0 Å². The third kappa shape index (κ3) is 5.99. The van der Waals surface area contributed by atoms with E-state index in [0.717, 1.165) is 31.4 Å². The molecule has 1 aromatic rings. The van der Waals surface area contributed by atoms with Gasteiger partial charge in [-0.2, -0.15) is 0 Å². The first-order valence-corrected chi connectivity index (χ1v) is 7.23. The van der Waals surface area contributed by atoms with Gasteiger partial charge in [-0.15, -0.1) is 0 Å². The summed E-state index contributed by atoms with van der Waals surface area (Å²) in [4.78, 5) is 11.5. The van der Waals surface area contributed by atoms with Crippen LogP contribution < -0.4 is 0 Å². The molecule has 112 valence electrons. The average Bonchev–Trinajstić information content (AvgIpc) is 2.53. The minimum atomic E-state index is -0.543. The second kappa shape index (κ2) is 8.46. The molecule has 21 heavy (non-hydrogen) atoms. The van der Waals surface area contributed by atoms with E-state index >= 15 is 0 Å². The van der Waals surface area contributed by atoms with Gasteiger partial charge < -0.3 is 14.2 Å². The molecule has 1 heterocycles. The van der Waals surface area contributed by atoms with Crippen molar-refractivity contribution in [2.75, 3.05) is 6.61 Å². The zero-order chi connectivity index (χ0) is 14.9. The maximum absolute atomic E-state index is 11.5. The summed E-state index contributed by atoms with van der Waals surface area (Å²) in [5, 5.41) is 0. The summed E-state index contributed by atoms with van der Waals surface area (Å²) < 4.78 is 16.1. The fraction of sp³-hybridized carbons (Fsp3) is 0.471. The number of ether oxygens (including phenoxy) is 3. The Bertz CT molecular complexity index is 495. The molecule has 1 unspecified atom stereocenters. The van der Waals surface area contributed by atoms with Crippen LogP contribution >= 0.6 is 0 Å². The Morgan fingerprint density at radius 3 is 2.90 bits per heavy atom. The van der Waals surface area contributed by atoms with Crippen molar-refractivity contribution in [2.24, 2.45) is 0 Å². The van der Waals surface area contributed by atoms with E-state index in [1.165, 1.54) is 0 Å². The van der Waals surface area contributed by atoms with Crippen molar-refractivity contribution in [1.29, 1.82) is 0 Å². The molecule has 0 amide bonds. The zero-order valence-corrected chi connectivity index (χ0v) is 12.2. The second-order valence-corrected chi connectivity index (χ2v) is 4.91. The summed E-state index contributed by atoms with van der Waals surface area (Å²) in [5.74, 6) is 4.65. The molecule has 1 aromatic carbocycles. The topological polar surface area (TPSA) is 44.8 Å². The Balaban J connectivity index is 1.71. The maximum atomic E-state index is 11.5. The molecule has 4 nitrogen and oxygen atoms in total. The van der Waals surface area contributed by atoms with Gasteiger partial charge in [-0.25, -0.2) is 4.79 Å². The number of carbonyl (C=O) groups excluding carboxylic acids is 1. The SMILES string of the molecule is C[C@H](C#CC(=O)OCc1ccccc1)OC1CCCCO1. The van der Waals surface area contributed by atoms with Crippen molar-refractivity contribution in [3.05, 3.63) is 35.9 Å². The average molecular weight is 288 g/mol. The van der Waals surface area contributed by atoms with Crippen molar-refractivity contribution in [3.63, 3.8) is 0 Å². The third-order valence-corrected chi connectivity index (χ3v) is 3.08. The van der Waals surface area contributed by atoms with E-state index in [9.17, 15) is 4.79 Å². The summed E-state index contributed by atoms with van der Waals surface area (Å²) in [7, 11) is 0. The molecule has 1 fully saturated rings. The van der Waals surface area contributed by atoms with Crippen molar-refractivity contribution in [1.82, 2.24) is 0 Å². The molecule has 0 saturated carbocycles. The molecule has 0 N–H and O–H groups in total. The summed E-state index contributed by atoms with van der Waals surface area (Å²) in [6, 6.07) is 9.50. The van der Waals surface area contributed by atoms with E-state index in [4.69, 9.17) is 14.2 Å². The molecule has 0 bridgehead atoms. The fourth-order valence-electron chi connectivity index (χ4n) is 2.00. The van der Waals surface area contributed by atoms with E-state index in [1.807, 2.05) is 30.3 Å². The van der Waals surface area contributed by atoms with Crippen molar-refractivity contribution in [2.45, 2.75) is 45.2 Å². The van der Waals surface area contributed by atoms with Crippen LogP contribution in [0.4, 0.5) is 0 Å². The molecule has 4 heteroatoms. The lowest BCUT2D eigenvalue weighted by molar-refractivity contribution is -0.173. The summed E-state index contributed by atoms with van der Waals surface area (Å²) >= 11 is 0. The number of esters is 1. The number of carbonyl (C=O) groups is 1. The minimum Gasteiger partial charge on any atom is -0.451 e. The van der Waals surface area contributed by atoms with Crippen LogP contribution in [0.3, 0.4) is 0 Å². The van der Waals surface area contributed by atoms with Gasteiger partial charge in [0.05, 0.1) is 0 Å². The maximum Gasteiger partial charge on any atom is 0.384 e. The van der Waals surface area contributed by atoms with Crippen LogP contribution in [0.1, 0.15) is 31.7 Å². The second-order valence-electron chi connectivity index (χ2n) is 4.91. The molecule has 0 aromatic heterocycles. The van der Waals surface area contributed by atoms with E-state index < -0.39 is 5.97 Å². The molecule has 2 rings (SSSR count). The van der Waals surface area contributed by atoms with E-state index in [0.29, 0.717) is 0 Å². The highest BCUT2D eigenvalue weighted by Gasteiger charge is 2.16. The van der Waals surface area contributed by atoms with Crippen molar-refractivity contribution >= 4 is 5.97 Å². The Labute approximate surface area is 125 Å². The molecule has 0 radical (unpaired) electrons. The first kappa shape index (κ1) is 15.6. The lowest BCUT2D eigenvalue weighted by Crippen LogP contribution is -2.25. The first-order chi connectivity index (χ1) is 10.2. The quantitative estimate of drug-likeness (QED) is 0.485. The number of rotatable bonds is 4. The Kier molecular flexibility index (Phi) is 6.26. The normalized spacial score (nSPS) is 19.2. The van der Waals surface area contributed by atoms with Crippen LogP contribution in [0.15, 0.2) is 30.3 Å². The highest BCUT2D eigenvalue weighted by molar-refractivity contribution is 5.88. The highest BCUT2D eigenvalue weighted by atomic mass is 16.7. The first-order valence-electron chi connectivity index (χ1n) is 7.23. The predicted octanol–water partition coefficient (Wildman–Crippen LogP) is 2.66. The predicted molar refractivity (Wildman–Crippen MR) is 78.2 cm³/mol. The zero-order valence-electron chi connectivity index (χ0n) is 12.2. The fourth-order valence-corrected chi connectivity index (χ4v) is 2.00. The molecule has 1 aliphatic rings. The van der Waals surface area contributed by atoms with Crippen LogP contribution in [0, 0.1) is 11.8 Å². The van der Waals surface area contributed by atoms with Crippen molar-refractivity contribution in [3.8, 4) is 11.8 Å². The molecule has 0 aliphatic carbocycles. The highest BCUT2D eigenvalue weighted by Crippen LogP contribution is 2.14. The summed E-state index contributed by atoms with van der Waals surface area (Å²) in [6.45, 7) is 2.76. The molecule has 2 atom stereocenters. The van der Waals surface area contributed by atoms with Gasteiger partial charge in [0.2, 0.25) is 0 Å². The van der Waals surface area contributed by atoms with E-state index in [1.54, 1.807) is 6.92 Å². The van der Waals surface area contributed by atoms with Gasteiger partial charge in [-0.1, -0.05) is 36.3 Å². The standard InChI is InChI=1S/C17H20O4/c1-14(21-17-9-5-6-12-19-17)10-11-16(18)20-13-15-7-3-2-4-8-15/h2-4,7-8,14,17H,5-6,9,12-13H2,1H3/t14-,17?/m1/s1. The van der Waals surface area contributed by atoms with Gasteiger partial charge in [-0.3, -0.25) is 0 Å². The van der Waals surface area contributed by atoms with Gasteiger partial charge >= 0.3 is 5.97 Å². The van der Waals surface area contributed by atoms with Gasteiger partial charge in [0.1, 0.15) is 12.7 Å². The van der Waals surface area contributed by atoms with Crippen LogP contribution in [0.5, 0.6) is 0 Å². The van der Waals surface area contributed by atoms with Gasteiger partial charge in [0, 0.05) is 12.5 Å². The van der Waals surface area contributed by atoms with Crippen LogP contribution in [-0.4, -0.2) is 25.0 Å². The lowest BCUT2D eigenvalue weighted by atomic mass is 10.2. The smallest absolute Gasteiger partial charge is 0.384 e. The summed E-state index contributed by atoms with van der Waals surface area (Å²) in [6.07, 6.45) is 2.50. The molecular weight excluding hydrogens is 268 g/mol. The summed E-state index contributed by atoms with van der Waals surface area (Å²) in [5.41, 5.74) is 0.938.